The van der Waals surface area contributed by atoms with Crippen molar-refractivity contribution in [3.05, 3.63) is 23.8 Å². The number of aryl methyl sites for hydroxylation is 1. The molecule has 1 aromatic heterocycles. The van der Waals surface area contributed by atoms with Crippen molar-refractivity contribution in [2.24, 2.45) is 0 Å². The summed E-state index contributed by atoms with van der Waals surface area (Å²) in [5, 5.41) is 12.7. The van der Waals surface area contributed by atoms with Crippen LogP contribution < -0.4 is 15.1 Å². The molecule has 1 saturated carbocycles. The van der Waals surface area contributed by atoms with Gasteiger partial charge in [0, 0.05) is 43.6 Å². The summed E-state index contributed by atoms with van der Waals surface area (Å²) in [4.78, 5) is 17.3. The van der Waals surface area contributed by atoms with Gasteiger partial charge in [-0.2, -0.15) is 0 Å². The predicted octanol–water partition coefficient (Wildman–Crippen LogP) is 3.09. The van der Waals surface area contributed by atoms with E-state index in [-0.39, 0.29) is 5.91 Å². The molecular weight excluding hydrogens is 412 g/mol. The second kappa shape index (κ2) is 9.08. The number of amides is 1. The number of nitrogens with zero attached hydrogens (tertiary/aromatic N) is 5. The summed E-state index contributed by atoms with van der Waals surface area (Å²) in [5.41, 5.74) is 3.33. The summed E-state index contributed by atoms with van der Waals surface area (Å²) >= 11 is 1.47. The van der Waals surface area contributed by atoms with Crippen molar-refractivity contribution in [1.29, 1.82) is 0 Å². The number of hydrogen-bond donors (Lipinski definition) is 1. The number of carbonyl (C=O) groups is 1. The maximum atomic E-state index is 12.6. The summed E-state index contributed by atoms with van der Waals surface area (Å²) in [7, 11) is 0. The van der Waals surface area contributed by atoms with Crippen LogP contribution in [0, 0.1) is 6.92 Å². The standard InChI is InChI=1S/C22H30N6O2S/c1-16-14-17(4-7-19(16)26-8-2-3-9-26)23-20(29)15-31-22-25-24-21(28(22)18-5-6-18)27-10-12-30-13-11-27/h4,7,14,18H,2-3,5-6,8-13,15H2,1H3,(H,23,29). The molecular formula is C22H30N6O2S. The van der Waals surface area contributed by atoms with Gasteiger partial charge in [-0.05, 0) is 56.4 Å². The second-order valence-corrected chi connectivity index (χ2v) is 9.46. The van der Waals surface area contributed by atoms with Crippen molar-refractivity contribution >= 4 is 35.0 Å². The van der Waals surface area contributed by atoms with Gasteiger partial charge in [-0.15, -0.1) is 10.2 Å². The van der Waals surface area contributed by atoms with Crippen LogP contribution in [0.2, 0.25) is 0 Å². The van der Waals surface area contributed by atoms with E-state index in [4.69, 9.17) is 4.74 Å². The van der Waals surface area contributed by atoms with Crippen LogP contribution >= 0.6 is 11.8 Å². The van der Waals surface area contributed by atoms with E-state index >= 15 is 0 Å². The highest BCUT2D eigenvalue weighted by molar-refractivity contribution is 7.99. The molecule has 0 radical (unpaired) electrons. The number of anilines is 3. The number of nitrogens with one attached hydrogen (secondary N) is 1. The molecule has 0 atom stereocenters. The van der Waals surface area contributed by atoms with Gasteiger partial charge in [0.15, 0.2) is 5.16 Å². The van der Waals surface area contributed by atoms with Crippen LogP contribution in [0.25, 0.3) is 0 Å². The molecule has 2 saturated heterocycles. The van der Waals surface area contributed by atoms with Crippen LogP contribution in [-0.2, 0) is 9.53 Å². The molecule has 31 heavy (non-hydrogen) atoms. The molecule has 2 aromatic rings. The third kappa shape index (κ3) is 4.67. The van der Waals surface area contributed by atoms with Gasteiger partial charge in [-0.3, -0.25) is 9.36 Å². The molecule has 3 heterocycles. The molecule has 1 aliphatic carbocycles. The highest BCUT2D eigenvalue weighted by atomic mass is 32.2. The van der Waals surface area contributed by atoms with E-state index in [0.29, 0.717) is 11.8 Å². The Balaban J connectivity index is 1.21. The molecule has 1 N–H and O–H groups in total. The van der Waals surface area contributed by atoms with Gasteiger partial charge < -0.3 is 19.9 Å². The molecule has 9 heteroatoms. The fourth-order valence-corrected chi connectivity index (χ4v) is 5.17. The van der Waals surface area contributed by atoms with Crippen LogP contribution in [0.1, 0.15) is 37.3 Å². The van der Waals surface area contributed by atoms with Crippen LogP contribution in [-0.4, -0.2) is 65.8 Å². The Labute approximate surface area is 187 Å². The third-order valence-corrected chi connectivity index (χ3v) is 7.06. The van der Waals surface area contributed by atoms with Crippen molar-refractivity contribution in [2.45, 2.75) is 43.8 Å². The van der Waals surface area contributed by atoms with Gasteiger partial charge in [0.1, 0.15) is 0 Å². The normalized spacial score (nSPS) is 19.1. The Morgan fingerprint density at radius 3 is 2.61 bits per heavy atom. The molecule has 0 unspecified atom stereocenters. The van der Waals surface area contributed by atoms with E-state index in [1.807, 2.05) is 6.07 Å². The zero-order chi connectivity index (χ0) is 21.2. The highest BCUT2D eigenvalue weighted by Crippen LogP contribution is 2.41. The Morgan fingerprint density at radius 1 is 1.13 bits per heavy atom. The minimum absolute atomic E-state index is 0.0170. The predicted molar refractivity (Wildman–Crippen MR) is 123 cm³/mol. The molecule has 1 amide bonds. The van der Waals surface area contributed by atoms with Gasteiger partial charge in [-0.1, -0.05) is 11.8 Å². The molecule has 8 nitrogen and oxygen atoms in total. The Hall–Kier alpha value is -2.26. The van der Waals surface area contributed by atoms with Gasteiger partial charge >= 0.3 is 0 Å². The van der Waals surface area contributed by atoms with E-state index < -0.39 is 0 Å². The monoisotopic (exact) mass is 442 g/mol. The average molecular weight is 443 g/mol. The zero-order valence-corrected chi connectivity index (χ0v) is 18.9. The van der Waals surface area contributed by atoms with E-state index in [1.54, 1.807) is 0 Å². The first kappa shape index (κ1) is 20.6. The first-order chi connectivity index (χ1) is 15.2. The number of hydrogen-bond acceptors (Lipinski definition) is 7. The molecule has 2 aliphatic heterocycles. The van der Waals surface area contributed by atoms with Crippen molar-refractivity contribution in [2.75, 3.05) is 60.3 Å². The lowest BCUT2D eigenvalue weighted by Gasteiger charge is -2.27. The molecule has 0 bridgehead atoms. The maximum absolute atomic E-state index is 12.6. The Bertz CT molecular complexity index is 932. The second-order valence-electron chi connectivity index (χ2n) is 8.52. The number of benzene rings is 1. The summed E-state index contributed by atoms with van der Waals surface area (Å²) in [6.45, 7) is 7.47. The Kier molecular flexibility index (Phi) is 6.04. The van der Waals surface area contributed by atoms with Gasteiger partial charge in [0.25, 0.3) is 0 Å². The summed E-state index contributed by atoms with van der Waals surface area (Å²) in [5.74, 6) is 1.22. The lowest BCUT2D eigenvalue weighted by atomic mass is 10.1. The first-order valence-corrected chi connectivity index (χ1v) is 12.2. The van der Waals surface area contributed by atoms with Gasteiger partial charge in [0.05, 0.1) is 19.0 Å². The molecule has 3 fully saturated rings. The Morgan fingerprint density at radius 2 is 1.90 bits per heavy atom. The van der Waals surface area contributed by atoms with Gasteiger partial charge in [0.2, 0.25) is 11.9 Å². The van der Waals surface area contributed by atoms with Crippen molar-refractivity contribution in [1.82, 2.24) is 14.8 Å². The molecule has 0 spiro atoms. The first-order valence-electron chi connectivity index (χ1n) is 11.2. The van der Waals surface area contributed by atoms with E-state index in [1.165, 1.54) is 35.9 Å². The lowest BCUT2D eigenvalue weighted by molar-refractivity contribution is -0.113. The molecule has 1 aromatic carbocycles. The number of morpholine rings is 1. The maximum Gasteiger partial charge on any atom is 0.234 e. The fourth-order valence-electron chi connectivity index (χ4n) is 4.37. The number of thioether (sulfide) groups is 1. The lowest BCUT2D eigenvalue weighted by Crippen LogP contribution is -2.38. The largest absolute Gasteiger partial charge is 0.378 e. The minimum Gasteiger partial charge on any atom is -0.378 e. The van der Waals surface area contributed by atoms with E-state index in [0.717, 1.165) is 69.0 Å². The summed E-state index contributed by atoms with van der Waals surface area (Å²) in [6, 6.07) is 6.66. The van der Waals surface area contributed by atoms with Crippen LogP contribution in [0.4, 0.5) is 17.3 Å². The van der Waals surface area contributed by atoms with Crippen LogP contribution in [0.3, 0.4) is 0 Å². The van der Waals surface area contributed by atoms with Gasteiger partial charge in [-0.25, -0.2) is 0 Å². The van der Waals surface area contributed by atoms with Crippen LogP contribution in [0.5, 0.6) is 0 Å². The zero-order valence-electron chi connectivity index (χ0n) is 18.0. The van der Waals surface area contributed by atoms with Crippen molar-refractivity contribution in [3.8, 4) is 0 Å². The smallest absolute Gasteiger partial charge is 0.234 e. The highest BCUT2D eigenvalue weighted by Gasteiger charge is 2.32. The quantitative estimate of drug-likeness (QED) is 0.661. The topological polar surface area (TPSA) is 75.5 Å². The minimum atomic E-state index is -0.0170. The average Bonchev–Trinajstić information content (AvgIpc) is 3.30. The molecule has 5 rings (SSSR count). The SMILES string of the molecule is Cc1cc(NC(=O)CSc2nnc(N3CCOCC3)n2C2CC2)ccc1N1CCCC1. The van der Waals surface area contributed by atoms with Crippen LogP contribution in [0.15, 0.2) is 23.4 Å². The third-order valence-electron chi connectivity index (χ3n) is 6.11. The van der Waals surface area contributed by atoms with Crippen molar-refractivity contribution in [3.63, 3.8) is 0 Å². The number of carbonyl (C=O) groups excluding carboxylic acids is 1. The number of ether oxygens (including phenoxy) is 1. The van der Waals surface area contributed by atoms with E-state index in [9.17, 15) is 4.79 Å². The summed E-state index contributed by atoms with van der Waals surface area (Å²) in [6.07, 6.45) is 4.82. The molecule has 166 valence electrons. The van der Waals surface area contributed by atoms with E-state index in [2.05, 4.69) is 48.9 Å². The number of rotatable bonds is 7. The molecule has 3 aliphatic rings. The van der Waals surface area contributed by atoms with Crippen molar-refractivity contribution < 1.29 is 9.53 Å². The summed E-state index contributed by atoms with van der Waals surface area (Å²) < 4.78 is 7.68. The number of aromatic nitrogens is 3. The fraction of sp³-hybridized carbons (Fsp3) is 0.591.